The van der Waals surface area contributed by atoms with E-state index in [2.05, 4.69) is 11.9 Å². The number of benzene rings is 2. The first-order valence-electron chi connectivity index (χ1n) is 6.42. The zero-order valence-corrected chi connectivity index (χ0v) is 11.8. The third kappa shape index (κ3) is 3.97. The van der Waals surface area contributed by atoms with E-state index in [1.165, 1.54) is 0 Å². The van der Waals surface area contributed by atoms with Crippen LogP contribution in [0.1, 0.15) is 17.9 Å². The fourth-order valence-electron chi connectivity index (χ4n) is 2.02. The van der Waals surface area contributed by atoms with Gasteiger partial charge in [0.1, 0.15) is 0 Å². The Morgan fingerprint density at radius 3 is 2.60 bits per heavy atom. The summed E-state index contributed by atoms with van der Waals surface area (Å²) in [5.41, 5.74) is 1.79. The molecule has 0 aliphatic carbocycles. The van der Waals surface area contributed by atoms with Crippen molar-refractivity contribution in [2.45, 2.75) is 12.3 Å². The molecule has 3 heteroatoms. The van der Waals surface area contributed by atoms with E-state index >= 15 is 0 Å². The molecule has 0 radical (unpaired) electrons. The summed E-state index contributed by atoms with van der Waals surface area (Å²) in [6.45, 7) is 3.81. The van der Waals surface area contributed by atoms with E-state index in [1.54, 1.807) is 24.3 Å². The van der Waals surface area contributed by atoms with Gasteiger partial charge in [0.15, 0.2) is 0 Å². The molecule has 0 saturated heterocycles. The van der Waals surface area contributed by atoms with Crippen molar-refractivity contribution in [3.05, 3.63) is 77.8 Å². The Hall–Kier alpha value is -2.06. The fourth-order valence-corrected chi connectivity index (χ4v) is 2.21. The average molecular weight is 286 g/mol. The number of hydrogen-bond acceptors (Lipinski definition) is 1. The SMILES string of the molecule is C=C[C@@H](CC(=O)Nc1cccc(Cl)c1)c1ccccc1. The summed E-state index contributed by atoms with van der Waals surface area (Å²) in [5, 5.41) is 3.45. The van der Waals surface area contributed by atoms with Gasteiger partial charge in [-0.25, -0.2) is 0 Å². The molecular formula is C17H16ClNO. The molecule has 2 aromatic carbocycles. The quantitative estimate of drug-likeness (QED) is 0.797. The van der Waals surface area contributed by atoms with Crippen molar-refractivity contribution in [3.63, 3.8) is 0 Å². The van der Waals surface area contributed by atoms with Gasteiger partial charge >= 0.3 is 0 Å². The van der Waals surface area contributed by atoms with Crippen LogP contribution in [-0.4, -0.2) is 5.91 Å². The molecular weight excluding hydrogens is 270 g/mol. The maximum absolute atomic E-state index is 12.1. The summed E-state index contributed by atoms with van der Waals surface area (Å²) < 4.78 is 0. The molecule has 0 aliphatic heterocycles. The standard InChI is InChI=1S/C17H16ClNO/c1-2-13(14-7-4-3-5-8-14)11-17(20)19-16-10-6-9-15(18)12-16/h2-10,12-13H,1,11H2,(H,19,20)/t13-/m0/s1. The van der Waals surface area contributed by atoms with Crippen molar-refractivity contribution in [2.24, 2.45) is 0 Å². The first-order chi connectivity index (χ1) is 9.69. The molecule has 0 heterocycles. The lowest BCUT2D eigenvalue weighted by Gasteiger charge is -2.13. The molecule has 20 heavy (non-hydrogen) atoms. The van der Waals surface area contributed by atoms with E-state index < -0.39 is 0 Å². The molecule has 0 unspecified atom stereocenters. The van der Waals surface area contributed by atoms with Crippen LogP contribution in [0.15, 0.2) is 67.3 Å². The zero-order valence-electron chi connectivity index (χ0n) is 11.1. The lowest BCUT2D eigenvalue weighted by Crippen LogP contribution is -2.14. The molecule has 1 atom stereocenters. The molecule has 1 amide bonds. The minimum atomic E-state index is -0.0546. The van der Waals surface area contributed by atoms with Crippen LogP contribution in [0.4, 0.5) is 5.69 Å². The Balaban J connectivity index is 2.01. The minimum Gasteiger partial charge on any atom is -0.326 e. The van der Waals surface area contributed by atoms with Crippen LogP contribution in [0.25, 0.3) is 0 Å². The van der Waals surface area contributed by atoms with Gasteiger partial charge in [-0.05, 0) is 23.8 Å². The van der Waals surface area contributed by atoms with Gasteiger partial charge in [0.05, 0.1) is 0 Å². The summed E-state index contributed by atoms with van der Waals surface area (Å²) >= 11 is 5.89. The predicted molar refractivity (Wildman–Crippen MR) is 84.1 cm³/mol. The van der Waals surface area contributed by atoms with Gasteiger partial charge in [0.2, 0.25) is 5.91 Å². The van der Waals surface area contributed by atoms with Crippen LogP contribution < -0.4 is 5.32 Å². The van der Waals surface area contributed by atoms with Gasteiger partial charge in [-0.2, -0.15) is 0 Å². The van der Waals surface area contributed by atoms with Crippen LogP contribution in [-0.2, 0) is 4.79 Å². The first kappa shape index (κ1) is 14.4. The third-order valence-corrected chi connectivity index (χ3v) is 3.26. The van der Waals surface area contributed by atoms with E-state index in [1.807, 2.05) is 36.4 Å². The lowest BCUT2D eigenvalue weighted by atomic mass is 9.95. The number of carbonyl (C=O) groups is 1. The summed E-state index contributed by atoms with van der Waals surface area (Å²) in [6.07, 6.45) is 2.16. The molecule has 2 aromatic rings. The fraction of sp³-hybridized carbons (Fsp3) is 0.118. The summed E-state index contributed by atoms with van der Waals surface area (Å²) in [7, 11) is 0. The van der Waals surface area contributed by atoms with Crippen molar-refractivity contribution in [3.8, 4) is 0 Å². The van der Waals surface area contributed by atoms with Crippen LogP contribution in [0.3, 0.4) is 0 Å². The number of carbonyl (C=O) groups excluding carboxylic acids is 1. The highest BCUT2D eigenvalue weighted by atomic mass is 35.5. The highest BCUT2D eigenvalue weighted by Crippen LogP contribution is 2.22. The normalized spacial score (nSPS) is 11.7. The topological polar surface area (TPSA) is 29.1 Å². The van der Waals surface area contributed by atoms with Gasteiger partial charge in [-0.15, -0.1) is 6.58 Å². The Morgan fingerprint density at radius 2 is 1.95 bits per heavy atom. The molecule has 0 spiro atoms. The number of anilines is 1. The first-order valence-corrected chi connectivity index (χ1v) is 6.80. The largest absolute Gasteiger partial charge is 0.326 e. The van der Waals surface area contributed by atoms with Gasteiger partial charge in [0, 0.05) is 23.0 Å². The highest BCUT2D eigenvalue weighted by molar-refractivity contribution is 6.30. The average Bonchev–Trinajstić information content (AvgIpc) is 2.45. The molecule has 0 fully saturated rings. The number of rotatable bonds is 5. The Morgan fingerprint density at radius 1 is 1.20 bits per heavy atom. The summed E-state index contributed by atoms with van der Waals surface area (Å²) in [5.74, 6) is -0.0450. The maximum atomic E-state index is 12.1. The number of hydrogen-bond donors (Lipinski definition) is 1. The van der Waals surface area contributed by atoms with Crippen LogP contribution in [0, 0.1) is 0 Å². The number of amides is 1. The van der Waals surface area contributed by atoms with Crippen LogP contribution in [0.2, 0.25) is 5.02 Å². The van der Waals surface area contributed by atoms with Crippen LogP contribution >= 0.6 is 11.6 Å². The van der Waals surface area contributed by atoms with E-state index in [9.17, 15) is 4.79 Å². The predicted octanol–water partition coefficient (Wildman–Crippen LogP) is 4.64. The second-order valence-electron chi connectivity index (χ2n) is 4.52. The molecule has 2 rings (SSSR count). The van der Waals surface area contributed by atoms with E-state index in [-0.39, 0.29) is 11.8 Å². The molecule has 0 bridgehead atoms. The smallest absolute Gasteiger partial charge is 0.225 e. The highest BCUT2D eigenvalue weighted by Gasteiger charge is 2.12. The molecule has 0 aromatic heterocycles. The lowest BCUT2D eigenvalue weighted by molar-refractivity contribution is -0.116. The Labute approximate surface area is 124 Å². The van der Waals surface area contributed by atoms with Gasteiger partial charge < -0.3 is 5.32 Å². The molecule has 102 valence electrons. The van der Waals surface area contributed by atoms with E-state index in [0.717, 1.165) is 5.56 Å². The monoisotopic (exact) mass is 285 g/mol. The zero-order chi connectivity index (χ0) is 14.4. The van der Waals surface area contributed by atoms with Gasteiger partial charge in [0.25, 0.3) is 0 Å². The van der Waals surface area contributed by atoms with E-state index in [4.69, 9.17) is 11.6 Å². The number of halogens is 1. The molecule has 0 aliphatic rings. The summed E-state index contributed by atoms with van der Waals surface area (Å²) in [6, 6.07) is 17.0. The van der Waals surface area contributed by atoms with Gasteiger partial charge in [-0.1, -0.05) is 54.1 Å². The second kappa shape index (κ2) is 6.92. The second-order valence-corrected chi connectivity index (χ2v) is 4.95. The van der Waals surface area contributed by atoms with Gasteiger partial charge in [-0.3, -0.25) is 4.79 Å². The third-order valence-electron chi connectivity index (χ3n) is 3.03. The van der Waals surface area contributed by atoms with Crippen molar-refractivity contribution >= 4 is 23.2 Å². The summed E-state index contributed by atoms with van der Waals surface area (Å²) in [4.78, 5) is 12.1. The van der Waals surface area contributed by atoms with E-state index in [0.29, 0.717) is 17.1 Å². The molecule has 2 nitrogen and oxygen atoms in total. The van der Waals surface area contributed by atoms with Crippen molar-refractivity contribution in [2.75, 3.05) is 5.32 Å². The molecule has 1 N–H and O–H groups in total. The van der Waals surface area contributed by atoms with Crippen LogP contribution in [0.5, 0.6) is 0 Å². The van der Waals surface area contributed by atoms with Crippen molar-refractivity contribution in [1.29, 1.82) is 0 Å². The maximum Gasteiger partial charge on any atom is 0.225 e. The van der Waals surface area contributed by atoms with Crippen molar-refractivity contribution < 1.29 is 4.79 Å². The minimum absolute atomic E-state index is 0.00961. The van der Waals surface area contributed by atoms with Crippen molar-refractivity contribution in [1.82, 2.24) is 0 Å². The Kier molecular flexibility index (Phi) is 4.97. The number of nitrogens with one attached hydrogen (secondary N) is 1. The number of allylic oxidation sites excluding steroid dienone is 1. The molecule has 0 saturated carbocycles. The Bertz CT molecular complexity index is 595.